The van der Waals surface area contributed by atoms with Crippen LogP contribution < -0.4 is 0 Å². The largest absolute Gasteiger partial charge is 0.385 e. The van der Waals surface area contributed by atoms with Crippen LogP contribution in [0.3, 0.4) is 0 Å². The molecule has 0 spiro atoms. The summed E-state index contributed by atoms with van der Waals surface area (Å²) in [4.78, 5) is 0. The van der Waals surface area contributed by atoms with Crippen LogP contribution in [0.25, 0.3) is 10.9 Å². The molecule has 1 saturated heterocycles. The second kappa shape index (κ2) is 4.92. The van der Waals surface area contributed by atoms with Crippen LogP contribution in [-0.2, 0) is 15.6 Å². The van der Waals surface area contributed by atoms with E-state index in [1.807, 2.05) is 6.07 Å². The zero-order chi connectivity index (χ0) is 16.4. The third-order valence-electron chi connectivity index (χ3n) is 5.23. The van der Waals surface area contributed by atoms with Crippen molar-refractivity contribution in [1.29, 1.82) is 0 Å². The summed E-state index contributed by atoms with van der Waals surface area (Å²) >= 11 is 6.18. The van der Waals surface area contributed by atoms with Crippen LogP contribution in [0.1, 0.15) is 18.4 Å². The minimum Gasteiger partial charge on any atom is -0.385 e. The molecule has 2 aromatic rings. The summed E-state index contributed by atoms with van der Waals surface area (Å²) in [6, 6.07) is 3.60. The van der Waals surface area contributed by atoms with Gasteiger partial charge in [-0.3, -0.25) is 5.10 Å². The second-order valence-electron chi connectivity index (χ2n) is 6.83. The van der Waals surface area contributed by atoms with Crippen LogP contribution >= 0.6 is 11.6 Å². The normalized spacial score (nSPS) is 31.8. The number of hydrogen-bond acceptors (Lipinski definition) is 4. The van der Waals surface area contributed by atoms with Gasteiger partial charge >= 0.3 is 0 Å². The van der Waals surface area contributed by atoms with Crippen LogP contribution in [-0.4, -0.2) is 47.4 Å². The lowest BCUT2D eigenvalue weighted by Gasteiger charge is -2.26. The van der Waals surface area contributed by atoms with Gasteiger partial charge in [0.15, 0.2) is 0 Å². The average Bonchev–Trinajstić information content (AvgIpc) is 3.09. The van der Waals surface area contributed by atoms with E-state index in [1.54, 1.807) is 12.3 Å². The highest BCUT2D eigenvalue weighted by molar-refractivity contribution is 7.88. The fourth-order valence-corrected chi connectivity index (χ4v) is 5.34. The first-order valence-corrected chi connectivity index (χ1v) is 9.79. The molecule has 6 nitrogen and oxygen atoms in total. The van der Waals surface area contributed by atoms with Gasteiger partial charge in [-0.1, -0.05) is 11.6 Å². The molecule has 0 amide bonds. The lowest BCUT2D eigenvalue weighted by molar-refractivity contribution is 0.0352. The molecule has 1 aliphatic carbocycles. The standard InChI is InChI=1S/C15H18ClN3O3S/c1-23(21,22)19-7-10-4-15(20,5-11(10)8-19)13-3-12(16)2-9-6-17-18-14(9)13/h2-3,6,10-11,20H,4-5,7-8H2,1H3,(H,17,18)/t10-,11+,15?. The molecular weight excluding hydrogens is 338 g/mol. The highest BCUT2D eigenvalue weighted by Gasteiger charge is 2.51. The van der Waals surface area contributed by atoms with Crippen molar-refractivity contribution < 1.29 is 13.5 Å². The molecule has 1 aliphatic heterocycles. The number of aliphatic hydroxyl groups is 1. The van der Waals surface area contributed by atoms with Gasteiger partial charge in [0, 0.05) is 29.1 Å². The van der Waals surface area contributed by atoms with Crippen molar-refractivity contribution >= 4 is 32.5 Å². The summed E-state index contributed by atoms with van der Waals surface area (Å²) in [5.74, 6) is 0.346. The zero-order valence-electron chi connectivity index (χ0n) is 12.7. The van der Waals surface area contributed by atoms with E-state index in [4.69, 9.17) is 11.6 Å². The number of fused-ring (bicyclic) bond motifs is 2. The minimum atomic E-state index is -3.16. The SMILES string of the molecule is CS(=O)(=O)N1C[C@@H]2CC(O)(c3cc(Cl)cc4cn[nH]c34)C[C@@H]2C1. The Hall–Kier alpha value is -1.15. The molecule has 2 fully saturated rings. The van der Waals surface area contributed by atoms with Crippen molar-refractivity contribution in [2.45, 2.75) is 18.4 Å². The Morgan fingerprint density at radius 2 is 2.00 bits per heavy atom. The third kappa shape index (κ3) is 2.46. The van der Waals surface area contributed by atoms with Gasteiger partial charge in [0.2, 0.25) is 10.0 Å². The number of halogens is 1. The number of nitrogens with zero attached hydrogens (tertiary/aromatic N) is 2. The van der Waals surface area contributed by atoms with Gasteiger partial charge in [0.25, 0.3) is 0 Å². The number of nitrogens with one attached hydrogen (secondary N) is 1. The van der Waals surface area contributed by atoms with Gasteiger partial charge in [0.05, 0.1) is 23.6 Å². The summed E-state index contributed by atoms with van der Waals surface area (Å²) in [5.41, 5.74) is 0.573. The fraction of sp³-hybridized carbons (Fsp3) is 0.533. The van der Waals surface area contributed by atoms with Gasteiger partial charge in [-0.25, -0.2) is 12.7 Å². The van der Waals surface area contributed by atoms with Crippen molar-refractivity contribution in [2.75, 3.05) is 19.3 Å². The maximum absolute atomic E-state index is 11.7. The van der Waals surface area contributed by atoms with Gasteiger partial charge < -0.3 is 5.11 Å². The third-order valence-corrected chi connectivity index (χ3v) is 6.68. The Labute approximate surface area is 139 Å². The molecule has 2 N–H and O–H groups in total. The smallest absolute Gasteiger partial charge is 0.211 e. The van der Waals surface area contributed by atoms with E-state index >= 15 is 0 Å². The molecule has 2 aliphatic rings. The summed E-state index contributed by atoms with van der Waals surface area (Å²) in [6.45, 7) is 0.969. The number of aromatic nitrogens is 2. The van der Waals surface area contributed by atoms with E-state index in [2.05, 4.69) is 10.2 Å². The maximum Gasteiger partial charge on any atom is 0.211 e. The molecule has 0 radical (unpaired) electrons. The average molecular weight is 356 g/mol. The summed E-state index contributed by atoms with van der Waals surface area (Å²) in [6.07, 6.45) is 4.01. The van der Waals surface area contributed by atoms with E-state index < -0.39 is 15.6 Å². The zero-order valence-corrected chi connectivity index (χ0v) is 14.2. The first-order valence-electron chi connectivity index (χ1n) is 7.57. The highest BCUT2D eigenvalue weighted by Crippen LogP contribution is 2.50. The molecule has 3 atom stereocenters. The molecule has 23 heavy (non-hydrogen) atoms. The van der Waals surface area contributed by atoms with Crippen molar-refractivity contribution in [3.05, 3.63) is 28.9 Å². The Balaban J connectivity index is 1.68. The first kappa shape index (κ1) is 15.4. The van der Waals surface area contributed by atoms with Gasteiger partial charge in [0.1, 0.15) is 0 Å². The summed E-state index contributed by atoms with van der Waals surface area (Å²) in [7, 11) is -3.16. The summed E-state index contributed by atoms with van der Waals surface area (Å²) < 4.78 is 24.9. The molecule has 4 rings (SSSR count). The lowest BCUT2D eigenvalue weighted by atomic mass is 9.89. The number of aromatic amines is 1. The summed E-state index contributed by atoms with van der Waals surface area (Å²) in [5, 5.41) is 19.6. The van der Waals surface area contributed by atoms with E-state index in [0.717, 1.165) is 16.5 Å². The molecule has 8 heteroatoms. The molecule has 1 aromatic carbocycles. The first-order chi connectivity index (χ1) is 10.8. The van der Waals surface area contributed by atoms with Crippen molar-refractivity contribution in [1.82, 2.24) is 14.5 Å². The van der Waals surface area contributed by atoms with Gasteiger partial charge in [-0.05, 0) is 36.8 Å². The molecular formula is C15H18ClN3O3S. The van der Waals surface area contributed by atoms with Crippen LogP contribution in [0.2, 0.25) is 5.02 Å². The monoisotopic (exact) mass is 355 g/mol. The van der Waals surface area contributed by atoms with Crippen molar-refractivity contribution in [3.63, 3.8) is 0 Å². The highest BCUT2D eigenvalue weighted by atomic mass is 35.5. The van der Waals surface area contributed by atoms with Crippen LogP contribution in [0, 0.1) is 11.8 Å². The van der Waals surface area contributed by atoms with E-state index in [9.17, 15) is 13.5 Å². The van der Waals surface area contributed by atoms with Crippen molar-refractivity contribution in [2.24, 2.45) is 11.8 Å². The number of H-pyrrole nitrogens is 1. The Kier molecular flexibility index (Phi) is 3.29. The number of benzene rings is 1. The van der Waals surface area contributed by atoms with Gasteiger partial charge in [-0.15, -0.1) is 0 Å². The van der Waals surface area contributed by atoms with Crippen molar-refractivity contribution in [3.8, 4) is 0 Å². The lowest BCUT2D eigenvalue weighted by Crippen LogP contribution is -2.31. The maximum atomic E-state index is 11.7. The number of rotatable bonds is 2. The van der Waals surface area contributed by atoms with Crippen LogP contribution in [0.5, 0.6) is 0 Å². The topological polar surface area (TPSA) is 86.3 Å². The Bertz CT molecular complexity index is 865. The fourth-order valence-electron chi connectivity index (χ4n) is 4.19. The molecule has 124 valence electrons. The molecule has 1 saturated carbocycles. The van der Waals surface area contributed by atoms with E-state index in [0.29, 0.717) is 31.0 Å². The van der Waals surface area contributed by atoms with Gasteiger partial charge in [-0.2, -0.15) is 5.10 Å². The quantitative estimate of drug-likeness (QED) is 0.858. The Morgan fingerprint density at radius 3 is 2.61 bits per heavy atom. The van der Waals surface area contributed by atoms with E-state index in [-0.39, 0.29) is 11.8 Å². The van der Waals surface area contributed by atoms with Crippen LogP contribution in [0.4, 0.5) is 0 Å². The molecule has 1 unspecified atom stereocenters. The minimum absolute atomic E-state index is 0.173. The van der Waals surface area contributed by atoms with E-state index in [1.165, 1.54) is 10.6 Å². The molecule has 1 aromatic heterocycles. The molecule has 2 heterocycles. The number of hydrogen-bond donors (Lipinski definition) is 2. The predicted octanol–water partition coefficient (Wildman–Crippen LogP) is 1.71. The number of sulfonamides is 1. The second-order valence-corrected chi connectivity index (χ2v) is 9.25. The predicted molar refractivity (Wildman–Crippen MR) is 87.6 cm³/mol. The molecule has 0 bridgehead atoms. The Morgan fingerprint density at radius 1 is 1.35 bits per heavy atom. The van der Waals surface area contributed by atoms with Crippen LogP contribution in [0.15, 0.2) is 18.3 Å².